The predicted octanol–water partition coefficient (Wildman–Crippen LogP) is 4.61. The third kappa shape index (κ3) is 3.91. The summed E-state index contributed by atoms with van der Waals surface area (Å²) in [4.78, 5) is 12.7. The average Bonchev–Trinajstić information content (AvgIpc) is 3.29. The first-order chi connectivity index (χ1) is 15.2. The summed E-state index contributed by atoms with van der Waals surface area (Å²) in [7, 11) is 1.61. The number of carbonyl (C=O) groups is 1. The largest absolute Gasteiger partial charge is 0.497 e. The smallest absolute Gasteiger partial charge is 0.228 e. The molecule has 7 nitrogen and oxygen atoms in total. The molecule has 7 heteroatoms. The van der Waals surface area contributed by atoms with E-state index in [4.69, 9.17) is 9.15 Å². The maximum absolute atomic E-state index is 12.7. The molecule has 0 saturated heterocycles. The summed E-state index contributed by atoms with van der Waals surface area (Å²) in [5, 5.41) is 12.7. The van der Waals surface area contributed by atoms with Gasteiger partial charge in [-0.25, -0.2) is 0 Å². The van der Waals surface area contributed by atoms with Crippen LogP contribution in [-0.4, -0.2) is 27.8 Å². The van der Waals surface area contributed by atoms with Gasteiger partial charge in [-0.15, -0.1) is 10.2 Å². The van der Waals surface area contributed by atoms with Gasteiger partial charge in [-0.2, -0.15) is 0 Å². The first-order valence-electron chi connectivity index (χ1n) is 10.6. The van der Waals surface area contributed by atoms with E-state index in [0.29, 0.717) is 5.58 Å². The van der Waals surface area contributed by atoms with Gasteiger partial charge >= 0.3 is 0 Å². The van der Waals surface area contributed by atoms with Gasteiger partial charge in [0.05, 0.1) is 19.8 Å². The second kappa shape index (κ2) is 8.26. The molecule has 1 aliphatic rings. The van der Waals surface area contributed by atoms with Crippen molar-refractivity contribution in [3.8, 4) is 17.1 Å². The summed E-state index contributed by atoms with van der Waals surface area (Å²) in [6.07, 6.45) is 6.33. The Morgan fingerprint density at radius 2 is 2.10 bits per heavy atom. The molecule has 1 aliphatic heterocycles. The van der Waals surface area contributed by atoms with Crippen molar-refractivity contribution in [2.45, 2.75) is 38.6 Å². The van der Waals surface area contributed by atoms with E-state index >= 15 is 0 Å². The van der Waals surface area contributed by atoms with E-state index in [2.05, 4.69) is 20.1 Å². The molecule has 1 amide bonds. The Kier molecular flexibility index (Phi) is 5.16. The van der Waals surface area contributed by atoms with E-state index in [0.717, 1.165) is 65.4 Å². The molecule has 0 radical (unpaired) electrons. The lowest BCUT2D eigenvalue weighted by Crippen LogP contribution is -2.14. The van der Waals surface area contributed by atoms with Crippen LogP contribution in [0.25, 0.3) is 22.4 Å². The fourth-order valence-corrected chi connectivity index (χ4v) is 4.14. The van der Waals surface area contributed by atoms with Gasteiger partial charge in [0.15, 0.2) is 5.82 Å². The molecule has 158 valence electrons. The molecule has 31 heavy (non-hydrogen) atoms. The molecule has 2 aromatic carbocycles. The van der Waals surface area contributed by atoms with Crippen molar-refractivity contribution < 1.29 is 13.9 Å². The minimum atomic E-state index is -0.101. The highest BCUT2D eigenvalue weighted by molar-refractivity contribution is 5.95. The fraction of sp³-hybridized carbons (Fsp3) is 0.292. The van der Waals surface area contributed by atoms with E-state index in [1.54, 1.807) is 13.4 Å². The summed E-state index contributed by atoms with van der Waals surface area (Å²) in [5.74, 6) is 2.53. The number of amides is 1. The van der Waals surface area contributed by atoms with Gasteiger partial charge < -0.3 is 19.0 Å². The molecule has 2 aromatic heterocycles. The molecule has 0 atom stereocenters. The SMILES string of the molecule is COc1ccc2c(CC(=O)Nc3cccc(-c4nnc5n4CCCCC5)c3)coc2c1. The first-order valence-corrected chi connectivity index (χ1v) is 10.6. The Hall–Kier alpha value is -3.61. The Morgan fingerprint density at radius 3 is 3.00 bits per heavy atom. The molecular weight excluding hydrogens is 392 g/mol. The van der Waals surface area contributed by atoms with Gasteiger partial charge in [-0.3, -0.25) is 4.79 Å². The molecule has 0 aliphatic carbocycles. The molecule has 4 aromatic rings. The Labute approximate surface area is 180 Å². The molecule has 3 heterocycles. The highest BCUT2D eigenvalue weighted by Crippen LogP contribution is 2.27. The monoisotopic (exact) mass is 416 g/mol. The highest BCUT2D eigenvalue weighted by atomic mass is 16.5. The fourth-order valence-electron chi connectivity index (χ4n) is 4.14. The standard InChI is InChI=1S/C24H24N4O3/c1-30-19-9-10-20-17(15-31-21(20)14-19)13-23(29)25-18-7-5-6-16(12-18)24-27-26-22-8-3-2-4-11-28(22)24/h5-7,9-10,12,14-15H,2-4,8,11,13H2,1H3,(H,25,29). The third-order valence-corrected chi connectivity index (χ3v) is 5.73. The average molecular weight is 416 g/mol. The van der Waals surface area contributed by atoms with Gasteiger partial charge in [-0.1, -0.05) is 18.6 Å². The topological polar surface area (TPSA) is 82.2 Å². The lowest BCUT2D eigenvalue weighted by molar-refractivity contribution is -0.115. The minimum absolute atomic E-state index is 0.101. The summed E-state index contributed by atoms with van der Waals surface area (Å²) >= 11 is 0. The maximum atomic E-state index is 12.7. The molecule has 0 saturated carbocycles. The predicted molar refractivity (Wildman–Crippen MR) is 118 cm³/mol. The lowest BCUT2D eigenvalue weighted by atomic mass is 10.1. The number of aryl methyl sites for hydroxylation is 1. The van der Waals surface area contributed by atoms with Crippen LogP contribution in [0.2, 0.25) is 0 Å². The van der Waals surface area contributed by atoms with Crippen molar-refractivity contribution in [2.24, 2.45) is 0 Å². The van der Waals surface area contributed by atoms with Crippen LogP contribution in [0.3, 0.4) is 0 Å². The summed E-state index contributed by atoms with van der Waals surface area (Å²) < 4.78 is 13.0. The van der Waals surface area contributed by atoms with Crippen LogP contribution in [0, 0.1) is 0 Å². The van der Waals surface area contributed by atoms with Crippen molar-refractivity contribution >= 4 is 22.6 Å². The Bertz CT molecular complexity index is 1240. The van der Waals surface area contributed by atoms with Crippen molar-refractivity contribution in [1.82, 2.24) is 14.8 Å². The van der Waals surface area contributed by atoms with E-state index in [9.17, 15) is 4.79 Å². The quantitative estimate of drug-likeness (QED) is 0.514. The van der Waals surface area contributed by atoms with Crippen LogP contribution in [0.1, 0.15) is 30.7 Å². The number of fused-ring (bicyclic) bond motifs is 2. The van der Waals surface area contributed by atoms with Crippen LogP contribution in [0.15, 0.2) is 53.1 Å². The number of nitrogens with one attached hydrogen (secondary N) is 1. The van der Waals surface area contributed by atoms with Gasteiger partial charge in [0.25, 0.3) is 0 Å². The van der Waals surface area contributed by atoms with Crippen molar-refractivity contribution in [1.29, 1.82) is 0 Å². The van der Waals surface area contributed by atoms with Gasteiger partial charge in [0.2, 0.25) is 5.91 Å². The molecule has 0 bridgehead atoms. The molecular formula is C24H24N4O3. The summed E-state index contributed by atoms with van der Waals surface area (Å²) in [6.45, 7) is 0.937. The minimum Gasteiger partial charge on any atom is -0.497 e. The van der Waals surface area contributed by atoms with Crippen molar-refractivity contribution in [3.63, 3.8) is 0 Å². The van der Waals surface area contributed by atoms with E-state index in [1.807, 2.05) is 42.5 Å². The van der Waals surface area contributed by atoms with Gasteiger partial charge in [0.1, 0.15) is 17.2 Å². The van der Waals surface area contributed by atoms with Gasteiger partial charge in [-0.05, 0) is 37.1 Å². The molecule has 1 N–H and O–H groups in total. The van der Waals surface area contributed by atoms with Crippen LogP contribution in [0.5, 0.6) is 5.75 Å². The number of hydrogen-bond acceptors (Lipinski definition) is 5. The Morgan fingerprint density at radius 1 is 1.16 bits per heavy atom. The maximum Gasteiger partial charge on any atom is 0.228 e. The number of anilines is 1. The van der Waals surface area contributed by atoms with E-state index < -0.39 is 0 Å². The molecule has 0 unspecified atom stereocenters. The molecule has 0 fully saturated rings. The highest BCUT2D eigenvalue weighted by Gasteiger charge is 2.17. The van der Waals surface area contributed by atoms with Crippen molar-refractivity contribution in [2.75, 3.05) is 12.4 Å². The number of aromatic nitrogens is 3. The number of nitrogens with zero attached hydrogens (tertiary/aromatic N) is 3. The Balaban J connectivity index is 1.33. The zero-order valence-corrected chi connectivity index (χ0v) is 17.4. The number of furan rings is 1. The zero-order chi connectivity index (χ0) is 21.2. The number of rotatable bonds is 5. The van der Waals surface area contributed by atoms with Crippen LogP contribution in [-0.2, 0) is 24.2 Å². The first kappa shape index (κ1) is 19.4. The summed E-state index contributed by atoms with van der Waals surface area (Å²) in [5.41, 5.74) is 3.24. The number of benzene rings is 2. The van der Waals surface area contributed by atoms with E-state index in [-0.39, 0.29) is 12.3 Å². The lowest BCUT2D eigenvalue weighted by Gasteiger charge is -2.09. The van der Waals surface area contributed by atoms with Crippen LogP contribution in [0.4, 0.5) is 5.69 Å². The molecule has 5 rings (SSSR count). The number of hydrogen-bond donors (Lipinski definition) is 1. The van der Waals surface area contributed by atoms with E-state index in [1.165, 1.54) is 6.42 Å². The second-order valence-electron chi connectivity index (χ2n) is 7.83. The number of carbonyl (C=O) groups excluding carboxylic acids is 1. The second-order valence-corrected chi connectivity index (χ2v) is 7.83. The number of ether oxygens (including phenoxy) is 1. The van der Waals surface area contributed by atoms with Crippen LogP contribution < -0.4 is 10.1 Å². The normalized spacial score (nSPS) is 13.6. The zero-order valence-electron chi connectivity index (χ0n) is 17.4. The third-order valence-electron chi connectivity index (χ3n) is 5.73. The number of methoxy groups -OCH3 is 1. The van der Waals surface area contributed by atoms with Gasteiger partial charge in [0, 0.05) is 41.2 Å². The molecule has 0 spiro atoms. The van der Waals surface area contributed by atoms with Crippen molar-refractivity contribution in [3.05, 3.63) is 60.1 Å². The van der Waals surface area contributed by atoms with Crippen LogP contribution >= 0.6 is 0 Å². The summed E-state index contributed by atoms with van der Waals surface area (Å²) in [6, 6.07) is 13.4.